The van der Waals surface area contributed by atoms with Gasteiger partial charge in [-0.2, -0.15) is 0 Å². The number of hydrogen-bond donors (Lipinski definition) is 2. The van der Waals surface area contributed by atoms with Gasteiger partial charge in [-0.05, 0) is 30.9 Å². The van der Waals surface area contributed by atoms with Gasteiger partial charge in [-0.15, -0.1) is 0 Å². The Morgan fingerprint density at radius 2 is 2.14 bits per heavy atom. The van der Waals surface area contributed by atoms with Gasteiger partial charge in [-0.3, -0.25) is 4.79 Å². The number of pyridine rings is 1. The van der Waals surface area contributed by atoms with Gasteiger partial charge in [0.25, 0.3) is 0 Å². The van der Waals surface area contributed by atoms with E-state index in [9.17, 15) is 4.79 Å². The monoisotopic (exact) mass is 284 g/mol. The Labute approximate surface area is 123 Å². The molecule has 1 saturated carbocycles. The zero-order chi connectivity index (χ0) is 15.0. The molecule has 0 radical (unpaired) electrons. The van der Waals surface area contributed by atoms with Crippen LogP contribution in [-0.4, -0.2) is 30.5 Å². The minimum atomic E-state index is -0.432. The van der Waals surface area contributed by atoms with Gasteiger partial charge in [0.2, 0.25) is 5.91 Å². The zero-order valence-corrected chi connectivity index (χ0v) is 12.1. The minimum Gasteiger partial charge on any atom is -0.366 e. The van der Waals surface area contributed by atoms with E-state index in [1.807, 2.05) is 31.3 Å². The van der Waals surface area contributed by atoms with E-state index < -0.39 is 5.91 Å². The second kappa shape index (κ2) is 5.33. The molecule has 0 saturated heterocycles. The van der Waals surface area contributed by atoms with Gasteiger partial charge < -0.3 is 16.4 Å². The van der Waals surface area contributed by atoms with E-state index in [-0.39, 0.29) is 6.04 Å². The van der Waals surface area contributed by atoms with Crippen molar-refractivity contribution in [2.24, 2.45) is 17.4 Å². The van der Waals surface area contributed by atoms with Crippen LogP contribution >= 0.6 is 0 Å². The SMILES string of the molecule is CN(c1cc(C(N)=O)c2ccccc2n1)C(CN)C1CC1. The van der Waals surface area contributed by atoms with E-state index in [1.54, 1.807) is 6.07 Å². The van der Waals surface area contributed by atoms with Crippen molar-refractivity contribution >= 4 is 22.6 Å². The van der Waals surface area contributed by atoms with E-state index >= 15 is 0 Å². The minimum absolute atomic E-state index is 0.263. The molecule has 1 amide bonds. The molecule has 110 valence electrons. The zero-order valence-electron chi connectivity index (χ0n) is 12.1. The third-order valence-electron chi connectivity index (χ3n) is 4.23. The second-order valence-electron chi connectivity index (χ2n) is 5.66. The van der Waals surface area contributed by atoms with Gasteiger partial charge in [0, 0.05) is 25.0 Å². The van der Waals surface area contributed by atoms with Crippen molar-refractivity contribution in [3.05, 3.63) is 35.9 Å². The van der Waals surface area contributed by atoms with Crippen molar-refractivity contribution < 1.29 is 4.79 Å². The highest BCUT2D eigenvalue weighted by Gasteiger charge is 2.33. The fraction of sp³-hybridized carbons (Fsp3) is 0.375. The Bertz CT molecular complexity index is 681. The smallest absolute Gasteiger partial charge is 0.249 e. The third kappa shape index (κ3) is 2.56. The second-order valence-corrected chi connectivity index (χ2v) is 5.66. The van der Waals surface area contributed by atoms with Crippen molar-refractivity contribution in [2.75, 3.05) is 18.5 Å². The average molecular weight is 284 g/mol. The number of aromatic nitrogens is 1. The molecule has 1 unspecified atom stereocenters. The van der Waals surface area contributed by atoms with Crippen LogP contribution < -0.4 is 16.4 Å². The van der Waals surface area contributed by atoms with Crippen LogP contribution in [-0.2, 0) is 0 Å². The molecule has 4 N–H and O–H groups in total. The Hall–Kier alpha value is -2.14. The van der Waals surface area contributed by atoms with Crippen LogP contribution in [0.2, 0.25) is 0 Å². The van der Waals surface area contributed by atoms with E-state index in [1.165, 1.54) is 12.8 Å². The van der Waals surface area contributed by atoms with E-state index in [2.05, 4.69) is 9.88 Å². The first-order chi connectivity index (χ1) is 10.1. The van der Waals surface area contributed by atoms with Crippen LogP contribution in [0, 0.1) is 5.92 Å². The number of fused-ring (bicyclic) bond motifs is 1. The molecular formula is C16H20N4O. The van der Waals surface area contributed by atoms with Gasteiger partial charge in [-0.25, -0.2) is 4.98 Å². The van der Waals surface area contributed by atoms with Crippen LogP contribution in [0.1, 0.15) is 23.2 Å². The van der Waals surface area contributed by atoms with Gasteiger partial charge in [0.05, 0.1) is 11.1 Å². The first kappa shape index (κ1) is 13.8. The number of nitrogens with two attached hydrogens (primary N) is 2. The van der Waals surface area contributed by atoms with Gasteiger partial charge in [0.15, 0.2) is 0 Å². The lowest BCUT2D eigenvalue weighted by Gasteiger charge is -2.28. The third-order valence-corrected chi connectivity index (χ3v) is 4.23. The summed E-state index contributed by atoms with van der Waals surface area (Å²) in [5.74, 6) is 0.953. The van der Waals surface area contributed by atoms with Gasteiger partial charge in [-0.1, -0.05) is 18.2 Å². The molecule has 5 nitrogen and oxygen atoms in total. The lowest BCUT2D eigenvalue weighted by Crippen LogP contribution is -2.40. The van der Waals surface area contributed by atoms with Crippen molar-refractivity contribution in [1.82, 2.24) is 4.98 Å². The van der Waals surface area contributed by atoms with Gasteiger partial charge in [0.1, 0.15) is 5.82 Å². The van der Waals surface area contributed by atoms with E-state index in [0.29, 0.717) is 18.0 Å². The molecule has 1 aromatic heterocycles. The average Bonchev–Trinajstić information content (AvgIpc) is 3.31. The van der Waals surface area contributed by atoms with Crippen molar-refractivity contribution in [2.45, 2.75) is 18.9 Å². The number of para-hydroxylation sites is 1. The fourth-order valence-corrected chi connectivity index (χ4v) is 2.86. The number of benzene rings is 1. The Kier molecular flexibility index (Phi) is 3.51. The number of nitrogens with zero attached hydrogens (tertiary/aromatic N) is 2. The summed E-state index contributed by atoms with van der Waals surface area (Å²) in [7, 11) is 1.98. The molecule has 0 bridgehead atoms. The van der Waals surface area contributed by atoms with Gasteiger partial charge >= 0.3 is 0 Å². The number of carbonyl (C=O) groups is 1. The summed E-state index contributed by atoms with van der Waals surface area (Å²) in [6, 6.07) is 9.59. The number of hydrogen-bond acceptors (Lipinski definition) is 4. The number of likely N-dealkylation sites (N-methyl/N-ethyl adjacent to an activating group) is 1. The standard InChI is InChI=1S/C16H20N4O/c1-20(14(9-17)10-6-7-10)15-8-12(16(18)21)11-4-2-3-5-13(11)19-15/h2-5,8,10,14H,6-7,9,17H2,1H3,(H2,18,21). The number of primary amides is 1. The number of amides is 1. The Morgan fingerprint density at radius 1 is 1.43 bits per heavy atom. The highest BCUT2D eigenvalue weighted by Crippen LogP contribution is 2.36. The predicted molar refractivity (Wildman–Crippen MR) is 84.2 cm³/mol. The normalized spacial score (nSPS) is 15.9. The van der Waals surface area contributed by atoms with Crippen molar-refractivity contribution in [1.29, 1.82) is 0 Å². The maximum Gasteiger partial charge on any atom is 0.249 e. The number of anilines is 1. The molecule has 1 aromatic carbocycles. The van der Waals surface area contributed by atoms with Crippen LogP contribution in [0.25, 0.3) is 10.9 Å². The van der Waals surface area contributed by atoms with E-state index in [4.69, 9.17) is 11.5 Å². The summed E-state index contributed by atoms with van der Waals surface area (Å²) in [5, 5.41) is 0.790. The highest BCUT2D eigenvalue weighted by atomic mass is 16.1. The molecule has 1 aliphatic carbocycles. The molecule has 1 fully saturated rings. The summed E-state index contributed by atoms with van der Waals surface area (Å²) in [6.45, 7) is 0.585. The summed E-state index contributed by atoms with van der Waals surface area (Å²) in [6.07, 6.45) is 2.42. The summed E-state index contributed by atoms with van der Waals surface area (Å²) in [4.78, 5) is 18.5. The molecular weight excluding hydrogens is 264 g/mol. The number of carbonyl (C=O) groups excluding carboxylic acids is 1. The molecule has 1 atom stereocenters. The predicted octanol–water partition coefficient (Wildman–Crippen LogP) is 1.51. The van der Waals surface area contributed by atoms with Crippen LogP contribution in [0.5, 0.6) is 0 Å². The quantitative estimate of drug-likeness (QED) is 0.871. The first-order valence-electron chi connectivity index (χ1n) is 7.24. The largest absolute Gasteiger partial charge is 0.366 e. The lowest BCUT2D eigenvalue weighted by atomic mass is 10.1. The summed E-state index contributed by atoms with van der Waals surface area (Å²) < 4.78 is 0. The molecule has 5 heteroatoms. The topological polar surface area (TPSA) is 85.2 Å². The van der Waals surface area contributed by atoms with Crippen LogP contribution in [0.15, 0.2) is 30.3 Å². The van der Waals surface area contributed by atoms with Crippen molar-refractivity contribution in [3.8, 4) is 0 Å². The van der Waals surface area contributed by atoms with Crippen molar-refractivity contribution in [3.63, 3.8) is 0 Å². The Balaban J connectivity index is 2.08. The molecule has 1 aliphatic rings. The molecule has 21 heavy (non-hydrogen) atoms. The first-order valence-corrected chi connectivity index (χ1v) is 7.24. The molecule has 1 heterocycles. The maximum absolute atomic E-state index is 11.7. The summed E-state index contributed by atoms with van der Waals surface area (Å²) in [5.41, 5.74) is 12.7. The van der Waals surface area contributed by atoms with Crippen LogP contribution in [0.4, 0.5) is 5.82 Å². The maximum atomic E-state index is 11.7. The van der Waals surface area contributed by atoms with E-state index in [0.717, 1.165) is 16.7 Å². The highest BCUT2D eigenvalue weighted by molar-refractivity contribution is 6.06. The molecule has 2 aromatic rings. The van der Waals surface area contributed by atoms with Crippen LogP contribution in [0.3, 0.4) is 0 Å². The molecule has 0 aliphatic heterocycles. The molecule has 0 spiro atoms. The summed E-state index contributed by atoms with van der Waals surface area (Å²) >= 11 is 0. The fourth-order valence-electron chi connectivity index (χ4n) is 2.86. The lowest BCUT2D eigenvalue weighted by molar-refractivity contribution is 0.100. The number of rotatable bonds is 5. The Morgan fingerprint density at radius 3 is 2.76 bits per heavy atom. The molecule has 3 rings (SSSR count).